The minimum absolute atomic E-state index is 0.0541. The van der Waals surface area contributed by atoms with Crippen LogP contribution in [0, 0.1) is 5.41 Å². The van der Waals surface area contributed by atoms with Gasteiger partial charge in [-0.25, -0.2) is 13.9 Å². The molecule has 1 fully saturated rings. The topological polar surface area (TPSA) is 54.0 Å². The van der Waals surface area contributed by atoms with Gasteiger partial charge in [-0.1, -0.05) is 11.6 Å². The lowest BCUT2D eigenvalue weighted by Crippen LogP contribution is -2.46. The van der Waals surface area contributed by atoms with E-state index in [0.29, 0.717) is 4.47 Å². The highest BCUT2D eigenvalue weighted by Gasteiger charge is 2.49. The van der Waals surface area contributed by atoms with Crippen LogP contribution in [-0.2, 0) is 17.4 Å². The normalized spacial score (nSPS) is 26.0. The lowest BCUT2D eigenvalue weighted by Gasteiger charge is -2.40. The van der Waals surface area contributed by atoms with Crippen molar-refractivity contribution in [2.24, 2.45) is 5.41 Å². The number of halogens is 1. The highest BCUT2D eigenvalue weighted by atomic mass is 35.5. The van der Waals surface area contributed by atoms with E-state index in [1.165, 1.54) is 4.88 Å². The molecule has 1 aromatic heterocycles. The van der Waals surface area contributed by atoms with Gasteiger partial charge in [-0.05, 0) is 58.5 Å². The molecule has 0 bridgehead atoms. The predicted octanol–water partition coefficient (Wildman–Crippen LogP) is 2.82. The van der Waals surface area contributed by atoms with Gasteiger partial charge in [0.05, 0.1) is 27.5 Å². The third-order valence-corrected chi connectivity index (χ3v) is 7.22. The number of rotatable bonds is 2. The van der Waals surface area contributed by atoms with E-state index >= 15 is 0 Å². The van der Waals surface area contributed by atoms with E-state index in [9.17, 15) is 4.21 Å². The SMILES string of the molecule is CC(C)(C)[S@@](=O)NC1c2nc(Cl)sc2CC12CCNCC2. The van der Waals surface area contributed by atoms with Crippen LogP contribution in [-0.4, -0.2) is 27.0 Å². The van der Waals surface area contributed by atoms with Gasteiger partial charge in [0.2, 0.25) is 0 Å². The molecule has 1 unspecified atom stereocenters. The zero-order valence-electron chi connectivity index (χ0n) is 12.7. The fourth-order valence-electron chi connectivity index (χ4n) is 3.25. The summed E-state index contributed by atoms with van der Waals surface area (Å²) < 4.78 is 16.3. The summed E-state index contributed by atoms with van der Waals surface area (Å²) in [5.74, 6) is 0. The van der Waals surface area contributed by atoms with Gasteiger partial charge in [0.25, 0.3) is 0 Å². The van der Waals surface area contributed by atoms with Crippen molar-refractivity contribution in [2.75, 3.05) is 13.1 Å². The summed E-state index contributed by atoms with van der Waals surface area (Å²) in [5.41, 5.74) is 1.18. The number of piperidine rings is 1. The molecule has 2 atom stereocenters. The standard InChI is InChI=1S/C14H22ClN3OS2/c1-13(2,3)21(19)18-11-10-9(20-12(15)17-10)8-14(11)4-6-16-7-5-14/h11,16,18H,4-8H2,1-3H3/t11?,21-/m1/s1. The summed E-state index contributed by atoms with van der Waals surface area (Å²) in [6.45, 7) is 8.02. The van der Waals surface area contributed by atoms with E-state index in [-0.39, 0.29) is 16.2 Å². The number of fused-ring (bicyclic) bond motifs is 1. The Balaban J connectivity index is 1.92. The Bertz CT molecular complexity index is 561. The zero-order chi connectivity index (χ0) is 15.3. The van der Waals surface area contributed by atoms with E-state index < -0.39 is 11.0 Å². The molecule has 2 N–H and O–H groups in total. The fourth-order valence-corrected chi connectivity index (χ4v) is 5.53. The van der Waals surface area contributed by atoms with Gasteiger partial charge in [-0.2, -0.15) is 0 Å². The lowest BCUT2D eigenvalue weighted by molar-refractivity contribution is 0.163. The largest absolute Gasteiger partial charge is 0.317 e. The summed E-state index contributed by atoms with van der Waals surface area (Å²) in [4.78, 5) is 5.79. The summed E-state index contributed by atoms with van der Waals surface area (Å²) in [7, 11) is -1.10. The maximum atomic E-state index is 12.6. The van der Waals surface area contributed by atoms with Crippen molar-refractivity contribution in [3.8, 4) is 0 Å². The monoisotopic (exact) mass is 347 g/mol. The second-order valence-corrected chi connectivity index (χ2v) is 10.7. The molecule has 0 amide bonds. The van der Waals surface area contributed by atoms with Gasteiger partial charge in [0, 0.05) is 4.88 Å². The molecule has 7 heteroatoms. The molecule has 0 radical (unpaired) electrons. The second kappa shape index (κ2) is 5.57. The minimum Gasteiger partial charge on any atom is -0.317 e. The van der Waals surface area contributed by atoms with E-state index in [4.69, 9.17) is 11.6 Å². The summed E-state index contributed by atoms with van der Waals surface area (Å²) in [6.07, 6.45) is 3.19. The summed E-state index contributed by atoms with van der Waals surface area (Å²) in [6, 6.07) is 0.0541. The number of nitrogens with one attached hydrogen (secondary N) is 2. The number of aromatic nitrogens is 1. The Kier molecular flexibility index (Phi) is 4.21. The van der Waals surface area contributed by atoms with Crippen LogP contribution in [0.15, 0.2) is 0 Å². The Morgan fingerprint density at radius 1 is 1.43 bits per heavy atom. The molecule has 1 spiro atoms. The maximum absolute atomic E-state index is 12.6. The van der Waals surface area contributed by atoms with E-state index in [2.05, 4.69) is 15.0 Å². The Morgan fingerprint density at radius 2 is 2.10 bits per heavy atom. The van der Waals surface area contributed by atoms with Crippen molar-refractivity contribution >= 4 is 33.9 Å². The Morgan fingerprint density at radius 3 is 2.71 bits per heavy atom. The van der Waals surface area contributed by atoms with Crippen molar-refractivity contribution in [2.45, 2.75) is 50.8 Å². The van der Waals surface area contributed by atoms with Crippen LogP contribution in [0.5, 0.6) is 0 Å². The first-order valence-corrected chi connectivity index (χ1v) is 9.70. The van der Waals surface area contributed by atoms with Crippen LogP contribution in [0.2, 0.25) is 4.47 Å². The molecule has 1 aliphatic carbocycles. The van der Waals surface area contributed by atoms with Crippen molar-refractivity contribution in [3.63, 3.8) is 0 Å². The summed E-state index contributed by atoms with van der Waals surface area (Å²) in [5, 5.41) is 3.42. The van der Waals surface area contributed by atoms with Gasteiger partial charge in [0.1, 0.15) is 0 Å². The van der Waals surface area contributed by atoms with Crippen molar-refractivity contribution in [1.82, 2.24) is 15.0 Å². The molecule has 0 saturated carbocycles. The van der Waals surface area contributed by atoms with Gasteiger partial charge < -0.3 is 5.32 Å². The first-order valence-electron chi connectivity index (χ1n) is 7.36. The van der Waals surface area contributed by atoms with Crippen LogP contribution in [0.4, 0.5) is 0 Å². The highest BCUT2D eigenvalue weighted by Crippen LogP contribution is 2.53. The highest BCUT2D eigenvalue weighted by molar-refractivity contribution is 7.84. The molecule has 3 rings (SSSR count). The van der Waals surface area contributed by atoms with Gasteiger partial charge in [0.15, 0.2) is 4.47 Å². The van der Waals surface area contributed by atoms with Crippen molar-refractivity contribution in [3.05, 3.63) is 15.0 Å². The molecule has 2 aliphatic rings. The molecule has 21 heavy (non-hydrogen) atoms. The van der Waals surface area contributed by atoms with Crippen LogP contribution in [0.25, 0.3) is 0 Å². The molecule has 118 valence electrons. The van der Waals surface area contributed by atoms with Crippen molar-refractivity contribution in [1.29, 1.82) is 0 Å². The number of hydrogen-bond acceptors (Lipinski definition) is 4. The third-order valence-electron chi connectivity index (χ3n) is 4.48. The van der Waals surface area contributed by atoms with Crippen molar-refractivity contribution < 1.29 is 4.21 Å². The second-order valence-electron chi connectivity index (χ2n) is 7.00. The number of hydrogen-bond donors (Lipinski definition) is 2. The predicted molar refractivity (Wildman–Crippen MR) is 89.1 cm³/mol. The van der Waals surface area contributed by atoms with E-state index in [1.54, 1.807) is 11.3 Å². The Hall–Kier alpha value is -0.0100. The van der Waals surface area contributed by atoms with Gasteiger partial charge in [-0.3, -0.25) is 0 Å². The smallest absolute Gasteiger partial charge is 0.184 e. The van der Waals surface area contributed by atoms with Crippen LogP contribution in [0.1, 0.15) is 50.2 Å². The molecule has 4 nitrogen and oxygen atoms in total. The van der Waals surface area contributed by atoms with E-state index in [0.717, 1.165) is 38.0 Å². The molecular weight excluding hydrogens is 326 g/mol. The number of thiazole rings is 1. The van der Waals surface area contributed by atoms with Crippen LogP contribution in [0.3, 0.4) is 0 Å². The first-order chi connectivity index (χ1) is 9.82. The molecule has 2 heterocycles. The zero-order valence-corrected chi connectivity index (χ0v) is 15.1. The maximum Gasteiger partial charge on any atom is 0.184 e. The van der Waals surface area contributed by atoms with Gasteiger partial charge in [-0.15, -0.1) is 11.3 Å². The quantitative estimate of drug-likeness (QED) is 0.865. The molecular formula is C14H22ClN3OS2. The fraction of sp³-hybridized carbons (Fsp3) is 0.786. The average molecular weight is 348 g/mol. The van der Waals surface area contributed by atoms with Gasteiger partial charge >= 0.3 is 0 Å². The lowest BCUT2D eigenvalue weighted by atomic mass is 9.74. The molecule has 1 aromatic rings. The molecule has 1 saturated heterocycles. The average Bonchev–Trinajstić information content (AvgIpc) is 2.86. The third kappa shape index (κ3) is 2.93. The van der Waals surface area contributed by atoms with Crippen LogP contribution >= 0.6 is 22.9 Å². The number of nitrogens with zero attached hydrogens (tertiary/aromatic N) is 1. The Labute approximate surface area is 137 Å². The van der Waals surface area contributed by atoms with Crippen LogP contribution < -0.4 is 10.0 Å². The molecule has 1 aliphatic heterocycles. The summed E-state index contributed by atoms with van der Waals surface area (Å²) >= 11 is 7.67. The molecule has 0 aromatic carbocycles. The first kappa shape index (κ1) is 15.9. The minimum atomic E-state index is -1.10. The van der Waals surface area contributed by atoms with E-state index in [1.807, 2.05) is 20.8 Å².